The third-order valence-electron chi connectivity index (χ3n) is 4.52. The van der Waals surface area contributed by atoms with E-state index in [0.29, 0.717) is 17.2 Å². The molecular formula is C21H19N5O. The van der Waals surface area contributed by atoms with Gasteiger partial charge in [0.25, 0.3) is 0 Å². The fourth-order valence-electron chi connectivity index (χ4n) is 3.07. The first kappa shape index (κ1) is 16.9. The summed E-state index contributed by atoms with van der Waals surface area (Å²) in [4.78, 5) is 13.5. The molecule has 4 aromatic rings. The molecule has 134 valence electrons. The molecule has 0 amide bonds. The van der Waals surface area contributed by atoms with E-state index in [9.17, 15) is 0 Å². The van der Waals surface area contributed by atoms with E-state index in [4.69, 9.17) is 21.2 Å². The van der Waals surface area contributed by atoms with Gasteiger partial charge in [0.15, 0.2) is 0 Å². The van der Waals surface area contributed by atoms with Crippen molar-refractivity contribution in [3.8, 4) is 17.0 Å². The number of benzene rings is 2. The minimum atomic E-state index is -0.489. The first-order chi connectivity index (χ1) is 13.2. The predicted molar refractivity (Wildman–Crippen MR) is 106 cm³/mol. The number of ether oxygens (including phenoxy) is 1. The molecule has 0 spiro atoms. The number of aromatic nitrogens is 3. The van der Waals surface area contributed by atoms with E-state index in [-0.39, 0.29) is 0 Å². The molecule has 0 aliphatic carbocycles. The van der Waals surface area contributed by atoms with Gasteiger partial charge in [-0.2, -0.15) is 0 Å². The Morgan fingerprint density at radius 3 is 2.56 bits per heavy atom. The molecule has 0 bridgehead atoms. The first-order valence-corrected chi connectivity index (χ1v) is 8.53. The van der Waals surface area contributed by atoms with Crippen LogP contribution >= 0.6 is 0 Å². The standard InChI is InChI=1S/C21H19N5O/c1-27-14-9-7-13(8-10-14)19(22)20-21(23)25-12-18(26-20)16-4-2-6-17-15(16)5-3-11-24-17/h2-12,19H,22H2,1H3,(H2,23,25). The van der Waals surface area contributed by atoms with Gasteiger partial charge in [-0.3, -0.25) is 4.98 Å². The first-order valence-electron chi connectivity index (χ1n) is 8.53. The number of fused-ring (bicyclic) bond motifs is 1. The molecule has 6 nitrogen and oxygen atoms in total. The minimum absolute atomic E-state index is 0.320. The molecule has 2 heterocycles. The lowest BCUT2D eigenvalue weighted by molar-refractivity contribution is 0.414. The van der Waals surface area contributed by atoms with Crippen LogP contribution in [0.4, 0.5) is 5.82 Å². The second-order valence-corrected chi connectivity index (χ2v) is 6.15. The summed E-state index contributed by atoms with van der Waals surface area (Å²) < 4.78 is 5.20. The summed E-state index contributed by atoms with van der Waals surface area (Å²) in [6, 6.07) is 16.9. The van der Waals surface area contributed by atoms with Gasteiger partial charge in [-0.15, -0.1) is 0 Å². The smallest absolute Gasteiger partial charge is 0.147 e. The van der Waals surface area contributed by atoms with Crippen LogP contribution in [0.15, 0.2) is 67.0 Å². The van der Waals surface area contributed by atoms with Crippen LogP contribution in [-0.2, 0) is 0 Å². The second-order valence-electron chi connectivity index (χ2n) is 6.15. The number of nitrogen functional groups attached to an aromatic ring is 1. The van der Waals surface area contributed by atoms with E-state index >= 15 is 0 Å². The molecule has 0 fully saturated rings. The summed E-state index contributed by atoms with van der Waals surface area (Å²) in [6.45, 7) is 0. The highest BCUT2D eigenvalue weighted by molar-refractivity contribution is 5.93. The van der Waals surface area contributed by atoms with E-state index in [0.717, 1.165) is 27.8 Å². The summed E-state index contributed by atoms with van der Waals surface area (Å²) in [5, 5.41) is 1.00. The Labute approximate surface area is 156 Å². The molecule has 6 heteroatoms. The number of hydrogen-bond donors (Lipinski definition) is 2. The number of methoxy groups -OCH3 is 1. The van der Waals surface area contributed by atoms with E-state index in [1.54, 1.807) is 19.5 Å². The van der Waals surface area contributed by atoms with Crippen LogP contribution in [0.3, 0.4) is 0 Å². The molecule has 0 aliphatic heterocycles. The number of hydrogen-bond acceptors (Lipinski definition) is 6. The van der Waals surface area contributed by atoms with Gasteiger partial charge >= 0.3 is 0 Å². The third kappa shape index (κ3) is 3.18. The Balaban J connectivity index is 1.79. The van der Waals surface area contributed by atoms with Crippen LogP contribution in [0.1, 0.15) is 17.3 Å². The average Bonchev–Trinajstić information content (AvgIpc) is 2.73. The highest BCUT2D eigenvalue weighted by Gasteiger charge is 2.17. The zero-order valence-electron chi connectivity index (χ0n) is 14.8. The van der Waals surface area contributed by atoms with Crippen molar-refractivity contribution in [1.29, 1.82) is 0 Å². The number of anilines is 1. The molecule has 0 aliphatic rings. The second kappa shape index (κ2) is 7.01. The molecule has 4 rings (SSSR count). The monoisotopic (exact) mass is 357 g/mol. The lowest BCUT2D eigenvalue weighted by Crippen LogP contribution is -2.17. The SMILES string of the molecule is COc1ccc(C(N)c2nc(-c3cccc4ncccc34)cnc2N)cc1. The van der Waals surface area contributed by atoms with E-state index in [2.05, 4.69) is 9.97 Å². The lowest BCUT2D eigenvalue weighted by Gasteiger charge is -2.15. The van der Waals surface area contributed by atoms with Crippen LogP contribution < -0.4 is 16.2 Å². The lowest BCUT2D eigenvalue weighted by atomic mass is 10.0. The summed E-state index contributed by atoms with van der Waals surface area (Å²) in [6.07, 6.45) is 3.44. The molecule has 0 saturated heterocycles. The molecule has 2 aromatic heterocycles. The zero-order chi connectivity index (χ0) is 18.8. The zero-order valence-corrected chi connectivity index (χ0v) is 14.8. The number of rotatable bonds is 4. The van der Waals surface area contributed by atoms with Crippen molar-refractivity contribution in [3.63, 3.8) is 0 Å². The maximum Gasteiger partial charge on any atom is 0.147 e. The number of pyridine rings is 1. The molecule has 0 saturated carbocycles. The predicted octanol–water partition coefficient (Wildman–Crippen LogP) is 3.33. The van der Waals surface area contributed by atoms with Crippen molar-refractivity contribution in [1.82, 2.24) is 15.0 Å². The normalized spacial score (nSPS) is 12.1. The maximum absolute atomic E-state index is 6.43. The van der Waals surface area contributed by atoms with Crippen molar-refractivity contribution >= 4 is 16.7 Å². The summed E-state index contributed by atoms with van der Waals surface area (Å²) >= 11 is 0. The Morgan fingerprint density at radius 2 is 1.78 bits per heavy atom. The van der Waals surface area contributed by atoms with Crippen molar-refractivity contribution in [2.24, 2.45) is 5.73 Å². The Bertz CT molecular complexity index is 1090. The highest BCUT2D eigenvalue weighted by Crippen LogP contribution is 2.29. The number of nitrogens with zero attached hydrogens (tertiary/aromatic N) is 3. The fraction of sp³-hybridized carbons (Fsp3) is 0.0952. The van der Waals surface area contributed by atoms with Gasteiger partial charge in [-0.25, -0.2) is 9.97 Å². The third-order valence-corrected chi connectivity index (χ3v) is 4.52. The van der Waals surface area contributed by atoms with Crippen LogP contribution in [-0.4, -0.2) is 22.1 Å². The van der Waals surface area contributed by atoms with Crippen molar-refractivity contribution < 1.29 is 4.74 Å². The maximum atomic E-state index is 6.43. The summed E-state index contributed by atoms with van der Waals surface area (Å²) in [5.41, 5.74) is 16.5. The Kier molecular flexibility index (Phi) is 4.40. The van der Waals surface area contributed by atoms with Crippen molar-refractivity contribution in [2.45, 2.75) is 6.04 Å². The van der Waals surface area contributed by atoms with Gasteiger partial charge in [-0.05, 0) is 29.8 Å². The van der Waals surface area contributed by atoms with E-state index in [1.165, 1.54) is 0 Å². The van der Waals surface area contributed by atoms with Crippen molar-refractivity contribution in [2.75, 3.05) is 12.8 Å². The largest absolute Gasteiger partial charge is 0.497 e. The topological polar surface area (TPSA) is 99.9 Å². The molecule has 27 heavy (non-hydrogen) atoms. The molecular weight excluding hydrogens is 338 g/mol. The summed E-state index contributed by atoms with van der Waals surface area (Å²) in [5.74, 6) is 1.09. The number of nitrogens with two attached hydrogens (primary N) is 2. The van der Waals surface area contributed by atoms with Crippen LogP contribution in [0.25, 0.3) is 22.2 Å². The van der Waals surface area contributed by atoms with Crippen LogP contribution in [0.5, 0.6) is 5.75 Å². The Morgan fingerprint density at radius 1 is 0.963 bits per heavy atom. The van der Waals surface area contributed by atoms with Gasteiger partial charge in [0, 0.05) is 17.1 Å². The van der Waals surface area contributed by atoms with Crippen molar-refractivity contribution in [3.05, 3.63) is 78.2 Å². The molecule has 4 N–H and O–H groups in total. The molecule has 2 aromatic carbocycles. The fourth-order valence-corrected chi connectivity index (χ4v) is 3.07. The van der Waals surface area contributed by atoms with Gasteiger partial charge in [0.05, 0.1) is 30.6 Å². The van der Waals surface area contributed by atoms with Crippen LogP contribution in [0.2, 0.25) is 0 Å². The molecule has 1 atom stereocenters. The Hall–Kier alpha value is -3.51. The summed E-state index contributed by atoms with van der Waals surface area (Å²) in [7, 11) is 1.63. The quantitative estimate of drug-likeness (QED) is 0.581. The van der Waals surface area contributed by atoms with Gasteiger partial charge in [0.2, 0.25) is 0 Å². The molecule has 1 unspecified atom stereocenters. The van der Waals surface area contributed by atoms with E-state index < -0.39 is 6.04 Å². The van der Waals surface area contributed by atoms with Crippen LogP contribution in [0, 0.1) is 0 Å². The molecule has 0 radical (unpaired) electrons. The average molecular weight is 357 g/mol. The van der Waals surface area contributed by atoms with Gasteiger partial charge in [0.1, 0.15) is 17.3 Å². The van der Waals surface area contributed by atoms with Gasteiger partial charge in [-0.1, -0.05) is 30.3 Å². The minimum Gasteiger partial charge on any atom is -0.497 e. The highest BCUT2D eigenvalue weighted by atomic mass is 16.5. The van der Waals surface area contributed by atoms with Gasteiger partial charge < -0.3 is 16.2 Å². The van der Waals surface area contributed by atoms with E-state index in [1.807, 2.05) is 54.6 Å².